The molecular formula is C34H26ClN3O2S. The summed E-state index contributed by atoms with van der Waals surface area (Å²) in [5, 5.41) is 1.72. The number of aryl methyl sites for hydroxylation is 2. The van der Waals surface area contributed by atoms with Crippen LogP contribution in [0.3, 0.4) is 0 Å². The number of hydrogen-bond donors (Lipinski definition) is 0. The molecular weight excluding hydrogens is 550 g/mol. The number of carbonyl (C=O) groups is 2. The molecule has 1 aromatic heterocycles. The number of halogens is 1. The van der Waals surface area contributed by atoms with E-state index < -0.39 is 11.8 Å². The lowest BCUT2D eigenvalue weighted by Gasteiger charge is -2.36. The standard InChI is InChI=1S/C34H26ClN3O2S/c1-22-16-17-27(18-23(22)2)38-33(40)29(32(39)37(34(38)41)26-11-4-3-5-12-26)19-25-21-36(31-15-9-7-13-28(25)31)20-24-10-6-8-14-30(24)35/h3-19,21H,20H2,1-2H3/b29-19+. The molecule has 202 valence electrons. The number of hydrogen-bond acceptors (Lipinski definition) is 3. The SMILES string of the molecule is Cc1ccc(N2C(=O)/C(=C/c3cn(Cc4ccccc4Cl)c4ccccc34)C(=O)N(c3ccccc3)C2=S)cc1C. The van der Waals surface area contributed by atoms with Crippen LogP contribution in [0.15, 0.2) is 109 Å². The van der Waals surface area contributed by atoms with Crippen LogP contribution in [0.5, 0.6) is 0 Å². The second-order valence-electron chi connectivity index (χ2n) is 10.0. The van der Waals surface area contributed by atoms with Gasteiger partial charge in [-0.2, -0.15) is 0 Å². The summed E-state index contributed by atoms with van der Waals surface area (Å²) in [6.45, 7) is 4.54. The second kappa shape index (κ2) is 10.8. The third-order valence-corrected chi connectivity index (χ3v) is 8.16. The van der Waals surface area contributed by atoms with Crippen LogP contribution in [0.4, 0.5) is 11.4 Å². The summed E-state index contributed by atoms with van der Waals surface area (Å²) in [5.41, 5.74) is 6.06. The average molecular weight is 576 g/mol. The van der Waals surface area contributed by atoms with Crippen molar-refractivity contribution in [2.24, 2.45) is 0 Å². The van der Waals surface area contributed by atoms with Gasteiger partial charge in [0.05, 0.1) is 11.4 Å². The Labute approximate surface area is 248 Å². The maximum absolute atomic E-state index is 14.1. The summed E-state index contributed by atoms with van der Waals surface area (Å²) < 4.78 is 2.08. The molecule has 2 heterocycles. The van der Waals surface area contributed by atoms with E-state index in [4.69, 9.17) is 23.8 Å². The van der Waals surface area contributed by atoms with Crippen molar-refractivity contribution in [2.45, 2.75) is 20.4 Å². The van der Waals surface area contributed by atoms with Gasteiger partial charge in [0, 0.05) is 34.2 Å². The van der Waals surface area contributed by atoms with Crippen molar-refractivity contribution in [1.82, 2.24) is 4.57 Å². The summed E-state index contributed by atoms with van der Waals surface area (Å²) in [7, 11) is 0. The number of carbonyl (C=O) groups excluding carboxylic acids is 2. The number of nitrogens with zero attached hydrogens (tertiary/aromatic N) is 3. The molecule has 6 rings (SSSR count). The number of fused-ring (bicyclic) bond motifs is 1. The van der Waals surface area contributed by atoms with E-state index in [1.54, 1.807) is 6.08 Å². The molecule has 0 atom stereocenters. The quantitative estimate of drug-likeness (QED) is 0.122. The summed E-state index contributed by atoms with van der Waals surface area (Å²) >= 11 is 12.3. The Morgan fingerprint density at radius 1 is 0.756 bits per heavy atom. The van der Waals surface area contributed by atoms with Gasteiger partial charge in [0.1, 0.15) is 5.57 Å². The third-order valence-electron chi connectivity index (χ3n) is 7.43. The summed E-state index contributed by atoms with van der Waals surface area (Å²) in [5.74, 6) is -0.924. The van der Waals surface area contributed by atoms with Crippen LogP contribution >= 0.6 is 23.8 Å². The minimum Gasteiger partial charge on any atom is -0.342 e. The van der Waals surface area contributed by atoms with Crippen LogP contribution < -0.4 is 9.80 Å². The molecule has 1 fully saturated rings. The van der Waals surface area contributed by atoms with Gasteiger partial charge in [0.2, 0.25) is 0 Å². The Kier molecular flexibility index (Phi) is 7.03. The van der Waals surface area contributed by atoms with E-state index in [-0.39, 0.29) is 10.7 Å². The maximum Gasteiger partial charge on any atom is 0.270 e. The predicted octanol–water partition coefficient (Wildman–Crippen LogP) is 7.71. The van der Waals surface area contributed by atoms with E-state index in [2.05, 4.69) is 4.57 Å². The zero-order chi connectivity index (χ0) is 28.7. The first-order chi connectivity index (χ1) is 19.8. The molecule has 5 aromatic rings. The molecule has 1 aliphatic heterocycles. The van der Waals surface area contributed by atoms with Crippen molar-refractivity contribution in [3.8, 4) is 0 Å². The first-order valence-corrected chi connectivity index (χ1v) is 14.0. The zero-order valence-corrected chi connectivity index (χ0v) is 24.1. The van der Waals surface area contributed by atoms with Gasteiger partial charge in [-0.15, -0.1) is 0 Å². The minimum absolute atomic E-state index is 0.0290. The van der Waals surface area contributed by atoms with E-state index >= 15 is 0 Å². The van der Waals surface area contributed by atoms with Gasteiger partial charge in [-0.05, 0) is 85.2 Å². The number of rotatable bonds is 5. The predicted molar refractivity (Wildman–Crippen MR) is 170 cm³/mol. The molecule has 4 aromatic carbocycles. The molecule has 0 radical (unpaired) electrons. The Hall–Kier alpha value is -4.52. The third kappa shape index (κ3) is 4.86. The number of anilines is 2. The molecule has 0 aliphatic carbocycles. The summed E-state index contributed by atoms with van der Waals surface area (Å²) in [6, 6.07) is 30.6. The van der Waals surface area contributed by atoms with Crippen LogP contribution in [0.2, 0.25) is 5.02 Å². The van der Waals surface area contributed by atoms with Crippen molar-refractivity contribution in [3.05, 3.63) is 136 Å². The fraction of sp³-hybridized carbons (Fsp3) is 0.0882. The number of thiocarbonyl (C=S) groups is 1. The van der Waals surface area contributed by atoms with Crippen molar-refractivity contribution in [2.75, 3.05) is 9.80 Å². The molecule has 41 heavy (non-hydrogen) atoms. The van der Waals surface area contributed by atoms with Gasteiger partial charge >= 0.3 is 0 Å². The van der Waals surface area contributed by atoms with Gasteiger partial charge < -0.3 is 4.57 Å². The largest absolute Gasteiger partial charge is 0.342 e. The van der Waals surface area contributed by atoms with Gasteiger partial charge in [0.15, 0.2) is 5.11 Å². The molecule has 0 N–H and O–H groups in total. The highest BCUT2D eigenvalue weighted by atomic mass is 35.5. The second-order valence-corrected chi connectivity index (χ2v) is 10.8. The lowest BCUT2D eigenvalue weighted by Crippen LogP contribution is -2.57. The fourth-order valence-corrected chi connectivity index (χ4v) is 5.69. The van der Waals surface area contributed by atoms with Crippen LogP contribution in [0.1, 0.15) is 22.3 Å². The fourth-order valence-electron chi connectivity index (χ4n) is 5.11. The normalized spacial score (nSPS) is 14.9. The monoisotopic (exact) mass is 575 g/mol. The molecule has 0 saturated carbocycles. The topological polar surface area (TPSA) is 45.6 Å². The molecule has 0 bridgehead atoms. The highest BCUT2D eigenvalue weighted by Crippen LogP contribution is 2.32. The minimum atomic E-state index is -0.464. The van der Waals surface area contributed by atoms with E-state index in [1.165, 1.54) is 9.80 Å². The lowest BCUT2D eigenvalue weighted by atomic mass is 10.0. The molecule has 2 amide bonds. The number of benzene rings is 4. The summed E-state index contributed by atoms with van der Waals surface area (Å²) in [6.07, 6.45) is 3.64. The Balaban J connectivity index is 1.51. The highest BCUT2D eigenvalue weighted by molar-refractivity contribution is 7.81. The number of aromatic nitrogens is 1. The van der Waals surface area contributed by atoms with Crippen molar-refractivity contribution in [1.29, 1.82) is 0 Å². The zero-order valence-electron chi connectivity index (χ0n) is 22.5. The average Bonchev–Trinajstić information content (AvgIpc) is 3.32. The smallest absolute Gasteiger partial charge is 0.270 e. The molecule has 7 heteroatoms. The number of para-hydroxylation sites is 2. The molecule has 0 unspecified atom stereocenters. The molecule has 1 saturated heterocycles. The van der Waals surface area contributed by atoms with Crippen LogP contribution in [-0.4, -0.2) is 21.5 Å². The van der Waals surface area contributed by atoms with E-state index in [0.29, 0.717) is 22.9 Å². The van der Waals surface area contributed by atoms with E-state index in [0.717, 1.165) is 33.2 Å². The van der Waals surface area contributed by atoms with E-state index in [1.807, 2.05) is 117 Å². The van der Waals surface area contributed by atoms with Crippen LogP contribution in [0, 0.1) is 13.8 Å². The van der Waals surface area contributed by atoms with Gasteiger partial charge in [-0.3, -0.25) is 19.4 Å². The molecule has 1 aliphatic rings. The molecule has 0 spiro atoms. The molecule has 5 nitrogen and oxygen atoms in total. The lowest BCUT2D eigenvalue weighted by molar-refractivity contribution is -0.120. The van der Waals surface area contributed by atoms with E-state index in [9.17, 15) is 9.59 Å². The van der Waals surface area contributed by atoms with Crippen molar-refractivity contribution >= 4 is 69.1 Å². The van der Waals surface area contributed by atoms with Crippen molar-refractivity contribution < 1.29 is 9.59 Å². The Morgan fingerprint density at radius 2 is 1.41 bits per heavy atom. The first-order valence-electron chi connectivity index (χ1n) is 13.2. The Bertz CT molecular complexity index is 1880. The first kappa shape index (κ1) is 26.7. The van der Waals surface area contributed by atoms with Crippen LogP contribution in [0.25, 0.3) is 17.0 Å². The van der Waals surface area contributed by atoms with Gasteiger partial charge in [-0.25, -0.2) is 0 Å². The summed E-state index contributed by atoms with van der Waals surface area (Å²) in [4.78, 5) is 31.0. The highest BCUT2D eigenvalue weighted by Gasteiger charge is 2.41. The number of amides is 2. The van der Waals surface area contributed by atoms with Gasteiger partial charge in [0.25, 0.3) is 11.8 Å². The van der Waals surface area contributed by atoms with Gasteiger partial charge in [-0.1, -0.05) is 72.3 Å². The Morgan fingerprint density at radius 3 is 2.15 bits per heavy atom. The van der Waals surface area contributed by atoms with Crippen molar-refractivity contribution in [3.63, 3.8) is 0 Å². The van der Waals surface area contributed by atoms with Crippen LogP contribution in [-0.2, 0) is 16.1 Å². The maximum atomic E-state index is 14.1.